The molecule has 0 bridgehead atoms. The molecule has 0 saturated heterocycles. The molecule has 0 saturated carbocycles. The Morgan fingerprint density at radius 1 is 0.762 bits per heavy atom. The largest absolute Gasteiger partial charge is 0.480 e. The minimum atomic E-state index is -1.26. The van der Waals surface area contributed by atoms with Crippen LogP contribution >= 0.6 is 12.6 Å². The first-order valence-electron chi connectivity index (χ1n) is 13.7. The van der Waals surface area contributed by atoms with E-state index in [1.807, 2.05) is 48.5 Å². The van der Waals surface area contributed by atoms with E-state index in [1.54, 1.807) is 26.2 Å². The lowest BCUT2D eigenvalue weighted by Gasteiger charge is -2.25. The zero-order valence-electron chi connectivity index (χ0n) is 23.4. The zero-order chi connectivity index (χ0) is 30.4. The number of carbonyl (C=O) groups excluding carboxylic acids is 3. The van der Waals surface area contributed by atoms with Gasteiger partial charge in [0, 0.05) is 52.8 Å². The molecule has 0 aliphatic carbocycles. The number of nitrogens with two attached hydrogens (primary N) is 1. The molecule has 0 aliphatic rings. The molecular weight excluding hydrogens is 556 g/mol. The number of nitrogens with one attached hydrogen (secondary N) is 5. The zero-order valence-corrected chi connectivity index (χ0v) is 24.3. The van der Waals surface area contributed by atoms with E-state index in [1.165, 1.54) is 0 Å². The van der Waals surface area contributed by atoms with Crippen molar-refractivity contribution < 1.29 is 24.3 Å². The van der Waals surface area contributed by atoms with Gasteiger partial charge in [0.05, 0.1) is 6.04 Å². The molecule has 4 atom stereocenters. The number of carboxylic acids is 1. The Bertz CT molecular complexity index is 1580. The minimum Gasteiger partial charge on any atom is -0.480 e. The summed E-state index contributed by atoms with van der Waals surface area (Å²) < 4.78 is 0. The normalized spacial score (nSPS) is 14.3. The third kappa shape index (κ3) is 7.12. The van der Waals surface area contributed by atoms with E-state index in [0.717, 1.165) is 32.9 Å². The van der Waals surface area contributed by atoms with Crippen LogP contribution in [0.5, 0.6) is 0 Å². The van der Waals surface area contributed by atoms with Gasteiger partial charge in [0.25, 0.3) is 0 Å². The molecule has 4 rings (SSSR count). The fourth-order valence-corrected chi connectivity index (χ4v) is 5.01. The summed E-state index contributed by atoms with van der Waals surface area (Å²) in [5, 5.41) is 19.2. The van der Waals surface area contributed by atoms with Crippen molar-refractivity contribution in [1.82, 2.24) is 25.9 Å². The number of rotatable bonds is 13. The lowest BCUT2D eigenvalue weighted by atomic mass is 10.00. The Morgan fingerprint density at radius 3 is 1.62 bits per heavy atom. The van der Waals surface area contributed by atoms with E-state index in [2.05, 4.69) is 38.5 Å². The first-order valence-corrected chi connectivity index (χ1v) is 14.3. The smallest absolute Gasteiger partial charge is 0.327 e. The van der Waals surface area contributed by atoms with Gasteiger partial charge in [-0.2, -0.15) is 12.6 Å². The number of thiol groups is 1. The Labute approximate surface area is 248 Å². The topological polar surface area (TPSA) is 182 Å². The summed E-state index contributed by atoms with van der Waals surface area (Å²) in [5.41, 5.74) is 9.36. The molecule has 0 fully saturated rings. The molecule has 3 amide bonds. The Hall–Kier alpha value is -4.29. The van der Waals surface area contributed by atoms with Crippen LogP contribution in [0.15, 0.2) is 60.9 Å². The third-order valence-electron chi connectivity index (χ3n) is 7.28. The van der Waals surface area contributed by atoms with Crippen LogP contribution in [-0.4, -0.2) is 68.7 Å². The lowest BCUT2D eigenvalue weighted by Crippen LogP contribution is -2.58. The predicted molar refractivity (Wildman–Crippen MR) is 164 cm³/mol. The number of benzene rings is 2. The van der Waals surface area contributed by atoms with E-state index in [4.69, 9.17) is 5.73 Å². The van der Waals surface area contributed by atoms with E-state index in [-0.39, 0.29) is 24.5 Å². The van der Waals surface area contributed by atoms with Gasteiger partial charge in [-0.3, -0.25) is 14.4 Å². The molecule has 0 radical (unpaired) electrons. The molecule has 8 N–H and O–H groups in total. The number of hydrogen-bond donors (Lipinski definition) is 8. The highest BCUT2D eigenvalue weighted by atomic mass is 32.1. The van der Waals surface area contributed by atoms with Crippen LogP contribution in [-0.2, 0) is 32.0 Å². The molecule has 11 nitrogen and oxygen atoms in total. The number of fused-ring (bicyclic) bond motifs is 2. The van der Waals surface area contributed by atoms with Crippen molar-refractivity contribution in [2.75, 3.05) is 5.75 Å². The van der Waals surface area contributed by atoms with Crippen LogP contribution in [0.2, 0.25) is 0 Å². The number of carboxylic acid groups (broad SMARTS) is 1. The van der Waals surface area contributed by atoms with Crippen molar-refractivity contribution in [2.24, 2.45) is 11.7 Å². The van der Waals surface area contributed by atoms with Gasteiger partial charge in [-0.05, 0) is 29.2 Å². The highest BCUT2D eigenvalue weighted by Gasteiger charge is 2.31. The van der Waals surface area contributed by atoms with Gasteiger partial charge in [0.1, 0.15) is 18.1 Å². The summed E-state index contributed by atoms with van der Waals surface area (Å²) in [6, 6.07) is 10.8. The second-order valence-electron chi connectivity index (χ2n) is 10.6. The van der Waals surface area contributed by atoms with E-state index in [0.29, 0.717) is 0 Å². The van der Waals surface area contributed by atoms with E-state index < -0.39 is 47.9 Å². The molecule has 4 aromatic rings. The van der Waals surface area contributed by atoms with Crippen LogP contribution < -0.4 is 21.7 Å². The number of aromatic nitrogens is 2. The average molecular weight is 593 g/mol. The lowest BCUT2D eigenvalue weighted by molar-refractivity contribution is -0.141. The maximum absolute atomic E-state index is 13.8. The summed E-state index contributed by atoms with van der Waals surface area (Å²) in [4.78, 5) is 58.2. The summed E-state index contributed by atoms with van der Waals surface area (Å²) in [6.07, 6.45) is 3.72. The Balaban J connectivity index is 1.64. The van der Waals surface area contributed by atoms with Crippen molar-refractivity contribution >= 4 is 58.1 Å². The molecule has 2 aromatic carbocycles. The molecule has 222 valence electrons. The number of carbonyl (C=O) groups is 4. The quantitative estimate of drug-likeness (QED) is 0.110. The number of para-hydroxylation sites is 2. The first kappa shape index (κ1) is 30.7. The standard InChI is InChI=1S/C30H36N6O5S/c1-16(2)26(31)29(39)35-24(12-18-14-33-22-10-6-4-8-20(18)22)27(37)34-23(28(38)36-25(15-42)30(40)41)11-17-13-32-21-9-5-3-7-19(17)21/h3-10,13-14,16,23-26,32-33,42H,11-12,15,31H2,1-2H3,(H,34,37)(H,35,39)(H,36,38)(H,40,41). The SMILES string of the molecule is CC(C)C(N)C(=O)NC(Cc1c[nH]c2ccccc12)C(=O)NC(Cc1c[nH]c2ccccc12)C(=O)NC(CS)C(=O)O. The number of aromatic amines is 2. The van der Waals surface area contributed by atoms with Gasteiger partial charge in [-0.25, -0.2) is 4.79 Å². The maximum Gasteiger partial charge on any atom is 0.327 e. The molecule has 0 aliphatic heterocycles. The second-order valence-corrected chi connectivity index (χ2v) is 11.0. The van der Waals surface area contributed by atoms with Crippen LogP contribution in [0.1, 0.15) is 25.0 Å². The van der Waals surface area contributed by atoms with Crippen molar-refractivity contribution in [3.8, 4) is 0 Å². The number of hydrogen-bond acceptors (Lipinski definition) is 6. The summed E-state index contributed by atoms with van der Waals surface area (Å²) >= 11 is 4.04. The van der Waals surface area contributed by atoms with Crippen molar-refractivity contribution in [1.29, 1.82) is 0 Å². The van der Waals surface area contributed by atoms with Crippen LogP contribution in [0, 0.1) is 5.92 Å². The van der Waals surface area contributed by atoms with Gasteiger partial charge in [-0.1, -0.05) is 50.2 Å². The fraction of sp³-hybridized carbons (Fsp3) is 0.333. The third-order valence-corrected chi connectivity index (χ3v) is 7.65. The van der Waals surface area contributed by atoms with E-state index in [9.17, 15) is 24.3 Å². The minimum absolute atomic E-state index is 0.0692. The Kier molecular flexibility index (Phi) is 9.92. The molecule has 4 unspecified atom stereocenters. The second kappa shape index (κ2) is 13.6. The molecule has 2 heterocycles. The maximum atomic E-state index is 13.8. The first-order chi connectivity index (χ1) is 20.1. The average Bonchev–Trinajstić information content (AvgIpc) is 3.58. The molecule has 42 heavy (non-hydrogen) atoms. The monoisotopic (exact) mass is 592 g/mol. The predicted octanol–water partition coefficient (Wildman–Crippen LogP) is 1.89. The van der Waals surface area contributed by atoms with Crippen LogP contribution in [0.25, 0.3) is 21.8 Å². The number of amides is 3. The molecule has 2 aromatic heterocycles. The molecule has 12 heteroatoms. The van der Waals surface area contributed by atoms with Gasteiger partial charge >= 0.3 is 5.97 Å². The van der Waals surface area contributed by atoms with Gasteiger partial charge in [-0.15, -0.1) is 0 Å². The highest BCUT2D eigenvalue weighted by molar-refractivity contribution is 7.80. The molecule has 0 spiro atoms. The summed E-state index contributed by atoms with van der Waals surface area (Å²) in [5.74, 6) is -3.35. The number of H-pyrrole nitrogens is 2. The van der Waals surface area contributed by atoms with Crippen molar-refractivity contribution in [3.63, 3.8) is 0 Å². The van der Waals surface area contributed by atoms with Crippen LogP contribution in [0.3, 0.4) is 0 Å². The van der Waals surface area contributed by atoms with Crippen LogP contribution in [0.4, 0.5) is 0 Å². The summed E-state index contributed by atoms with van der Waals surface area (Å²) in [7, 11) is 0. The van der Waals surface area contributed by atoms with Crippen molar-refractivity contribution in [3.05, 3.63) is 72.1 Å². The Morgan fingerprint density at radius 2 is 1.19 bits per heavy atom. The number of aliphatic carboxylic acids is 1. The van der Waals surface area contributed by atoms with E-state index >= 15 is 0 Å². The van der Waals surface area contributed by atoms with Gasteiger partial charge in [0.2, 0.25) is 17.7 Å². The van der Waals surface area contributed by atoms with Gasteiger partial charge < -0.3 is 36.8 Å². The summed E-state index contributed by atoms with van der Waals surface area (Å²) in [6.45, 7) is 3.61. The fourth-order valence-electron chi connectivity index (χ4n) is 4.76. The highest BCUT2D eigenvalue weighted by Crippen LogP contribution is 2.21. The van der Waals surface area contributed by atoms with Gasteiger partial charge in [0.15, 0.2) is 0 Å². The molecular formula is C30H36N6O5S. The van der Waals surface area contributed by atoms with Crippen molar-refractivity contribution in [2.45, 2.75) is 50.9 Å².